The fourth-order valence-corrected chi connectivity index (χ4v) is 3.19. The van der Waals surface area contributed by atoms with E-state index in [1.165, 1.54) is 13.0 Å². The molecule has 0 spiro atoms. The van der Waals surface area contributed by atoms with E-state index in [1.54, 1.807) is 32.2 Å². The Balaban J connectivity index is 1.98. The molecule has 3 rings (SSSR count). The predicted octanol–water partition coefficient (Wildman–Crippen LogP) is 5.15. The lowest BCUT2D eigenvalue weighted by atomic mass is 9.93. The van der Waals surface area contributed by atoms with Gasteiger partial charge in [-0.1, -0.05) is 0 Å². The number of nitrogens with zero attached hydrogens (tertiary/aromatic N) is 1. The van der Waals surface area contributed by atoms with Crippen LogP contribution in [0.2, 0.25) is 0 Å². The second kappa shape index (κ2) is 8.31. The van der Waals surface area contributed by atoms with Gasteiger partial charge in [-0.05, 0) is 76.8 Å². The minimum atomic E-state index is -0.526. The monoisotopic (exact) mass is 399 g/mol. The summed E-state index contributed by atoms with van der Waals surface area (Å²) in [5, 5.41) is 6.03. The van der Waals surface area contributed by atoms with Crippen molar-refractivity contribution in [1.82, 2.24) is 10.3 Å². The maximum absolute atomic E-state index is 15.2. The van der Waals surface area contributed by atoms with E-state index in [9.17, 15) is 4.79 Å². The van der Waals surface area contributed by atoms with Gasteiger partial charge in [-0.15, -0.1) is 0 Å². The molecule has 154 valence electrons. The molecule has 2 N–H and O–H groups in total. The summed E-state index contributed by atoms with van der Waals surface area (Å²) in [7, 11) is 0. The van der Waals surface area contributed by atoms with Gasteiger partial charge in [0.05, 0.1) is 0 Å². The van der Waals surface area contributed by atoms with Crippen LogP contribution in [0, 0.1) is 25.5 Å². The Hall–Kier alpha value is -2.76. The molecule has 1 amide bonds. The second-order valence-corrected chi connectivity index (χ2v) is 7.97. The van der Waals surface area contributed by atoms with Crippen molar-refractivity contribution in [1.29, 1.82) is 0 Å². The van der Waals surface area contributed by atoms with Gasteiger partial charge in [-0.3, -0.25) is 4.79 Å². The highest BCUT2D eigenvalue weighted by Gasteiger charge is 2.25. The fourth-order valence-electron chi connectivity index (χ4n) is 3.19. The number of benzene rings is 1. The van der Waals surface area contributed by atoms with Gasteiger partial charge in [0.1, 0.15) is 17.5 Å². The average molecular weight is 399 g/mol. The standard InChI is InChI=1S/C23H27F2N3O/c1-12(2)27-19-9-6-16(11-26-19)20-15(5)21(24)18(14(4)22(20)25)10-13(3)23(29)28-17-7-8-17/h6,9-12,17H,7-8H2,1-5H3,(H,26,27)(H,28,29)/b13-10+. The van der Waals surface area contributed by atoms with E-state index in [0.29, 0.717) is 17.0 Å². The molecule has 0 saturated heterocycles. The van der Waals surface area contributed by atoms with Crippen molar-refractivity contribution in [3.63, 3.8) is 0 Å². The van der Waals surface area contributed by atoms with Gasteiger partial charge in [0.2, 0.25) is 5.91 Å². The molecule has 1 aromatic carbocycles. The summed E-state index contributed by atoms with van der Waals surface area (Å²) in [4.78, 5) is 16.5. The zero-order chi connectivity index (χ0) is 21.3. The number of carbonyl (C=O) groups excluding carboxylic acids is 1. The molecule has 1 saturated carbocycles. The lowest BCUT2D eigenvalue weighted by Gasteiger charge is -2.16. The minimum Gasteiger partial charge on any atom is -0.368 e. The van der Waals surface area contributed by atoms with Crippen LogP contribution in [-0.2, 0) is 4.79 Å². The number of pyridine rings is 1. The van der Waals surface area contributed by atoms with Crippen LogP contribution in [0.5, 0.6) is 0 Å². The third-order valence-corrected chi connectivity index (χ3v) is 5.01. The second-order valence-electron chi connectivity index (χ2n) is 7.97. The highest BCUT2D eigenvalue weighted by molar-refractivity contribution is 5.98. The summed E-state index contributed by atoms with van der Waals surface area (Å²) in [6.07, 6.45) is 4.90. The van der Waals surface area contributed by atoms with Gasteiger partial charge in [-0.2, -0.15) is 0 Å². The summed E-state index contributed by atoms with van der Waals surface area (Å²) in [6, 6.07) is 3.91. The lowest BCUT2D eigenvalue weighted by Crippen LogP contribution is -2.26. The number of carbonyl (C=O) groups is 1. The molecule has 1 heterocycles. The Morgan fingerprint density at radius 2 is 1.86 bits per heavy atom. The molecule has 29 heavy (non-hydrogen) atoms. The first-order chi connectivity index (χ1) is 13.7. The van der Waals surface area contributed by atoms with Crippen LogP contribution < -0.4 is 10.6 Å². The molecule has 0 atom stereocenters. The third-order valence-electron chi connectivity index (χ3n) is 5.01. The van der Waals surface area contributed by atoms with Gasteiger partial charge >= 0.3 is 0 Å². The summed E-state index contributed by atoms with van der Waals surface area (Å²) < 4.78 is 30.4. The zero-order valence-electron chi connectivity index (χ0n) is 17.5. The Labute approximate surface area is 170 Å². The first-order valence-electron chi connectivity index (χ1n) is 9.89. The normalized spacial score (nSPS) is 14.3. The Kier molecular flexibility index (Phi) is 6.01. The van der Waals surface area contributed by atoms with E-state index in [1.807, 2.05) is 13.8 Å². The molecular formula is C23H27F2N3O. The molecule has 2 aromatic rings. The van der Waals surface area contributed by atoms with Crippen LogP contribution in [-0.4, -0.2) is 23.0 Å². The Morgan fingerprint density at radius 1 is 1.17 bits per heavy atom. The van der Waals surface area contributed by atoms with Crippen molar-refractivity contribution in [2.45, 2.75) is 59.5 Å². The van der Waals surface area contributed by atoms with Gasteiger partial charge in [0.25, 0.3) is 0 Å². The van der Waals surface area contributed by atoms with Crippen molar-refractivity contribution in [3.8, 4) is 11.1 Å². The third kappa shape index (κ3) is 4.63. The van der Waals surface area contributed by atoms with E-state index in [4.69, 9.17) is 0 Å². The number of hydrogen-bond donors (Lipinski definition) is 2. The van der Waals surface area contributed by atoms with Crippen molar-refractivity contribution in [2.75, 3.05) is 5.32 Å². The number of amides is 1. The largest absolute Gasteiger partial charge is 0.368 e. The maximum Gasteiger partial charge on any atom is 0.247 e. The zero-order valence-corrected chi connectivity index (χ0v) is 17.5. The van der Waals surface area contributed by atoms with E-state index in [0.717, 1.165) is 12.8 Å². The van der Waals surface area contributed by atoms with E-state index in [2.05, 4.69) is 15.6 Å². The smallest absolute Gasteiger partial charge is 0.247 e. The Morgan fingerprint density at radius 3 is 2.41 bits per heavy atom. The van der Waals surface area contributed by atoms with Crippen LogP contribution in [0.1, 0.15) is 50.3 Å². The minimum absolute atomic E-state index is 0.109. The SMILES string of the molecule is C/C(=C\c1c(C)c(F)c(-c2ccc(NC(C)C)nc2)c(C)c1F)C(=O)NC1CC1. The first-order valence-corrected chi connectivity index (χ1v) is 9.89. The maximum atomic E-state index is 15.2. The van der Waals surface area contributed by atoms with Crippen molar-refractivity contribution in [3.05, 3.63) is 52.2 Å². The summed E-state index contributed by atoms with van der Waals surface area (Å²) >= 11 is 0. The number of aromatic nitrogens is 1. The molecule has 1 aliphatic carbocycles. The molecule has 1 fully saturated rings. The quantitative estimate of drug-likeness (QED) is 0.661. The van der Waals surface area contributed by atoms with Crippen LogP contribution in [0.4, 0.5) is 14.6 Å². The molecule has 0 bridgehead atoms. The van der Waals surface area contributed by atoms with Gasteiger partial charge < -0.3 is 10.6 Å². The van der Waals surface area contributed by atoms with Crippen LogP contribution in [0.3, 0.4) is 0 Å². The number of halogens is 2. The van der Waals surface area contributed by atoms with E-state index in [-0.39, 0.29) is 40.2 Å². The first kappa shape index (κ1) is 21.0. The number of nitrogens with one attached hydrogen (secondary N) is 2. The topological polar surface area (TPSA) is 54.0 Å². The fraction of sp³-hybridized carbons (Fsp3) is 0.391. The molecule has 0 aliphatic heterocycles. The molecule has 0 radical (unpaired) electrons. The van der Waals surface area contributed by atoms with Gasteiger partial charge in [0.15, 0.2) is 0 Å². The summed E-state index contributed by atoms with van der Waals surface area (Å²) in [5.74, 6) is -0.597. The van der Waals surface area contributed by atoms with Crippen LogP contribution in [0.25, 0.3) is 17.2 Å². The summed E-state index contributed by atoms with van der Waals surface area (Å²) in [6.45, 7) is 8.68. The molecular weight excluding hydrogens is 372 g/mol. The molecule has 4 nitrogen and oxygen atoms in total. The van der Waals surface area contributed by atoms with E-state index < -0.39 is 11.6 Å². The predicted molar refractivity (Wildman–Crippen MR) is 113 cm³/mol. The van der Waals surface area contributed by atoms with Gasteiger partial charge in [-0.25, -0.2) is 13.8 Å². The van der Waals surface area contributed by atoms with Crippen molar-refractivity contribution in [2.24, 2.45) is 0 Å². The van der Waals surface area contributed by atoms with Crippen LogP contribution in [0.15, 0.2) is 23.9 Å². The molecule has 1 aliphatic rings. The molecule has 6 heteroatoms. The lowest BCUT2D eigenvalue weighted by molar-refractivity contribution is -0.117. The molecule has 1 aromatic heterocycles. The van der Waals surface area contributed by atoms with E-state index >= 15 is 8.78 Å². The number of rotatable bonds is 6. The highest BCUT2D eigenvalue weighted by Crippen LogP contribution is 2.34. The molecule has 0 unspecified atom stereocenters. The number of hydrogen-bond acceptors (Lipinski definition) is 3. The Bertz CT molecular complexity index is 932. The van der Waals surface area contributed by atoms with Crippen LogP contribution >= 0.6 is 0 Å². The average Bonchev–Trinajstić information content (AvgIpc) is 3.48. The van der Waals surface area contributed by atoms with Gasteiger partial charge in [0, 0.05) is 40.5 Å². The van der Waals surface area contributed by atoms with Crippen molar-refractivity contribution >= 4 is 17.8 Å². The number of anilines is 1. The van der Waals surface area contributed by atoms with Crippen molar-refractivity contribution < 1.29 is 13.6 Å². The highest BCUT2D eigenvalue weighted by atomic mass is 19.1. The summed E-state index contributed by atoms with van der Waals surface area (Å²) in [5.41, 5.74) is 1.54.